The summed E-state index contributed by atoms with van der Waals surface area (Å²) >= 11 is 0. The van der Waals surface area contributed by atoms with E-state index >= 15 is 0 Å². The molecule has 1 aliphatic rings. The standard InChI is InChI=1S/C16H21F3N2O3/c1-23-13-5-3-4-12(8-13)9-20-14(22)10-21-7-6-15(11-21,24-2)16(17,18)19/h3-5,8H,6-7,9-11H2,1-2H3,(H,20,22). The molecule has 1 heterocycles. The van der Waals surface area contributed by atoms with E-state index in [1.807, 2.05) is 6.07 Å². The van der Waals surface area contributed by atoms with E-state index in [1.165, 1.54) is 4.90 Å². The van der Waals surface area contributed by atoms with Crippen LogP contribution in [0.3, 0.4) is 0 Å². The van der Waals surface area contributed by atoms with E-state index in [2.05, 4.69) is 5.32 Å². The first kappa shape index (κ1) is 18.5. The van der Waals surface area contributed by atoms with Crippen molar-refractivity contribution < 1.29 is 27.4 Å². The van der Waals surface area contributed by atoms with E-state index in [9.17, 15) is 18.0 Å². The molecule has 24 heavy (non-hydrogen) atoms. The zero-order valence-electron chi connectivity index (χ0n) is 13.7. The van der Waals surface area contributed by atoms with Crippen molar-refractivity contribution in [2.45, 2.75) is 24.7 Å². The number of amides is 1. The summed E-state index contributed by atoms with van der Waals surface area (Å²) in [4.78, 5) is 13.4. The molecule has 0 saturated carbocycles. The van der Waals surface area contributed by atoms with Gasteiger partial charge in [-0.25, -0.2) is 0 Å². The lowest BCUT2D eigenvalue weighted by Gasteiger charge is -2.30. The van der Waals surface area contributed by atoms with Crippen molar-refractivity contribution in [1.82, 2.24) is 10.2 Å². The molecule has 1 aromatic carbocycles. The van der Waals surface area contributed by atoms with Crippen molar-refractivity contribution in [3.63, 3.8) is 0 Å². The number of halogens is 3. The third kappa shape index (κ3) is 4.18. The first-order valence-corrected chi connectivity index (χ1v) is 7.53. The van der Waals surface area contributed by atoms with Crippen LogP contribution in [0, 0.1) is 0 Å². The molecule has 0 spiro atoms. The Balaban J connectivity index is 1.85. The molecule has 1 aliphatic heterocycles. The van der Waals surface area contributed by atoms with Crippen LogP contribution in [-0.4, -0.2) is 56.4 Å². The third-order valence-electron chi connectivity index (χ3n) is 4.21. The molecule has 5 nitrogen and oxygen atoms in total. The first-order valence-electron chi connectivity index (χ1n) is 7.53. The van der Waals surface area contributed by atoms with Crippen LogP contribution in [-0.2, 0) is 16.1 Å². The van der Waals surface area contributed by atoms with Crippen LogP contribution in [0.4, 0.5) is 13.2 Å². The largest absolute Gasteiger partial charge is 0.497 e. The number of benzene rings is 1. The van der Waals surface area contributed by atoms with Gasteiger partial charge < -0.3 is 14.8 Å². The van der Waals surface area contributed by atoms with E-state index in [4.69, 9.17) is 9.47 Å². The van der Waals surface area contributed by atoms with Gasteiger partial charge in [0.05, 0.1) is 13.7 Å². The number of methoxy groups -OCH3 is 2. The van der Waals surface area contributed by atoms with Crippen LogP contribution in [0.25, 0.3) is 0 Å². The topological polar surface area (TPSA) is 50.8 Å². The van der Waals surface area contributed by atoms with Crippen molar-refractivity contribution in [1.29, 1.82) is 0 Å². The number of rotatable bonds is 6. The molecule has 134 valence electrons. The number of alkyl halides is 3. The van der Waals surface area contributed by atoms with Gasteiger partial charge in [0.15, 0.2) is 5.60 Å². The predicted molar refractivity (Wildman–Crippen MR) is 81.7 cm³/mol. The fourth-order valence-corrected chi connectivity index (χ4v) is 2.75. The molecular weight excluding hydrogens is 325 g/mol. The van der Waals surface area contributed by atoms with Crippen LogP contribution in [0.15, 0.2) is 24.3 Å². The number of ether oxygens (including phenoxy) is 2. The Morgan fingerprint density at radius 3 is 2.71 bits per heavy atom. The Morgan fingerprint density at radius 1 is 1.38 bits per heavy atom. The van der Waals surface area contributed by atoms with Crippen LogP contribution in [0.2, 0.25) is 0 Å². The van der Waals surface area contributed by atoms with Gasteiger partial charge in [-0.15, -0.1) is 0 Å². The molecule has 1 aromatic rings. The maximum Gasteiger partial charge on any atom is 0.418 e. The fourth-order valence-electron chi connectivity index (χ4n) is 2.75. The van der Waals surface area contributed by atoms with Gasteiger partial charge in [-0.2, -0.15) is 13.2 Å². The average Bonchev–Trinajstić information content (AvgIpc) is 2.97. The lowest BCUT2D eigenvalue weighted by Crippen LogP contribution is -2.49. The Bertz CT molecular complexity index is 580. The quantitative estimate of drug-likeness (QED) is 0.856. The second kappa shape index (κ2) is 7.40. The minimum absolute atomic E-state index is 0.0921. The maximum absolute atomic E-state index is 13.1. The third-order valence-corrected chi connectivity index (χ3v) is 4.21. The highest BCUT2D eigenvalue weighted by Gasteiger charge is 2.58. The summed E-state index contributed by atoms with van der Waals surface area (Å²) in [7, 11) is 2.60. The summed E-state index contributed by atoms with van der Waals surface area (Å²) in [6, 6.07) is 7.21. The van der Waals surface area contributed by atoms with Gasteiger partial charge in [0, 0.05) is 26.7 Å². The molecule has 1 amide bonds. The van der Waals surface area contributed by atoms with E-state index < -0.39 is 11.8 Å². The zero-order chi connectivity index (χ0) is 17.8. The molecule has 1 N–H and O–H groups in total. The van der Waals surface area contributed by atoms with Crippen LogP contribution >= 0.6 is 0 Å². The number of carbonyl (C=O) groups is 1. The number of hydrogen-bond donors (Lipinski definition) is 1. The fraction of sp³-hybridized carbons (Fsp3) is 0.562. The minimum atomic E-state index is -4.45. The lowest BCUT2D eigenvalue weighted by molar-refractivity contribution is -0.263. The number of nitrogens with one attached hydrogen (secondary N) is 1. The summed E-state index contributed by atoms with van der Waals surface area (Å²) in [5.41, 5.74) is -1.33. The van der Waals surface area contributed by atoms with Crippen LogP contribution in [0.1, 0.15) is 12.0 Å². The summed E-state index contributed by atoms with van der Waals surface area (Å²) in [5, 5.41) is 2.70. The number of nitrogens with zero attached hydrogens (tertiary/aromatic N) is 1. The predicted octanol–water partition coefficient (Wildman–Crippen LogP) is 1.96. The van der Waals surface area contributed by atoms with E-state index in [-0.39, 0.29) is 32.0 Å². The van der Waals surface area contributed by atoms with Gasteiger partial charge in [0.25, 0.3) is 0 Å². The number of likely N-dealkylation sites (tertiary alicyclic amines) is 1. The lowest BCUT2D eigenvalue weighted by atomic mass is 10.0. The van der Waals surface area contributed by atoms with Gasteiger partial charge in [0.1, 0.15) is 5.75 Å². The van der Waals surface area contributed by atoms with Gasteiger partial charge in [-0.3, -0.25) is 9.69 Å². The summed E-state index contributed by atoms with van der Waals surface area (Å²) < 4.78 is 49.1. The maximum atomic E-state index is 13.1. The number of carbonyl (C=O) groups excluding carboxylic acids is 1. The Hall–Kier alpha value is -1.80. The highest BCUT2D eigenvalue weighted by atomic mass is 19.4. The van der Waals surface area contributed by atoms with Gasteiger partial charge in [-0.1, -0.05) is 12.1 Å². The molecule has 1 unspecified atom stereocenters. The molecule has 0 radical (unpaired) electrons. The molecule has 0 bridgehead atoms. The molecule has 1 atom stereocenters. The summed E-state index contributed by atoms with van der Waals surface area (Å²) in [5.74, 6) is 0.350. The molecule has 0 aromatic heterocycles. The van der Waals surface area contributed by atoms with Crippen LogP contribution in [0.5, 0.6) is 5.75 Å². The van der Waals surface area contributed by atoms with Crippen molar-refractivity contribution in [3.8, 4) is 5.75 Å². The SMILES string of the molecule is COc1cccc(CNC(=O)CN2CCC(OC)(C(F)(F)F)C2)c1. The normalized spacial score (nSPS) is 21.7. The second-order valence-electron chi connectivity index (χ2n) is 5.79. The van der Waals surface area contributed by atoms with Gasteiger partial charge in [-0.05, 0) is 24.1 Å². The molecule has 8 heteroatoms. The van der Waals surface area contributed by atoms with Crippen molar-refractivity contribution >= 4 is 5.91 Å². The van der Waals surface area contributed by atoms with Gasteiger partial charge in [0.2, 0.25) is 5.91 Å². The monoisotopic (exact) mass is 346 g/mol. The molecule has 0 aliphatic carbocycles. The van der Waals surface area contributed by atoms with E-state index in [0.717, 1.165) is 12.7 Å². The van der Waals surface area contributed by atoms with Crippen molar-refractivity contribution in [3.05, 3.63) is 29.8 Å². The van der Waals surface area contributed by atoms with Crippen LogP contribution < -0.4 is 10.1 Å². The van der Waals surface area contributed by atoms with E-state index in [0.29, 0.717) is 12.3 Å². The molecular formula is C16H21F3N2O3. The minimum Gasteiger partial charge on any atom is -0.497 e. The van der Waals surface area contributed by atoms with Crippen molar-refractivity contribution in [2.24, 2.45) is 0 Å². The average molecular weight is 346 g/mol. The zero-order valence-corrected chi connectivity index (χ0v) is 13.7. The molecule has 1 saturated heterocycles. The Labute approximate surface area is 138 Å². The Kier molecular flexibility index (Phi) is 5.71. The van der Waals surface area contributed by atoms with E-state index in [1.54, 1.807) is 25.3 Å². The summed E-state index contributed by atoms with van der Waals surface area (Å²) in [6.07, 6.45) is -4.62. The first-order chi connectivity index (χ1) is 11.3. The molecule has 1 fully saturated rings. The van der Waals surface area contributed by atoms with Crippen molar-refractivity contribution in [2.75, 3.05) is 33.9 Å². The smallest absolute Gasteiger partial charge is 0.418 e. The Morgan fingerprint density at radius 2 is 2.12 bits per heavy atom. The number of hydrogen-bond acceptors (Lipinski definition) is 4. The summed E-state index contributed by atoms with van der Waals surface area (Å²) in [6.45, 7) is 0.0310. The molecule has 2 rings (SSSR count). The highest BCUT2D eigenvalue weighted by Crippen LogP contribution is 2.40. The highest BCUT2D eigenvalue weighted by molar-refractivity contribution is 5.78. The second-order valence-corrected chi connectivity index (χ2v) is 5.79. The van der Waals surface area contributed by atoms with Gasteiger partial charge >= 0.3 is 6.18 Å².